The van der Waals surface area contributed by atoms with E-state index in [2.05, 4.69) is 10.0 Å². The van der Waals surface area contributed by atoms with Crippen LogP contribution in [0.15, 0.2) is 65.6 Å². The van der Waals surface area contributed by atoms with E-state index in [1.54, 1.807) is 42.5 Å². The van der Waals surface area contributed by atoms with E-state index in [1.165, 1.54) is 18.2 Å². The standard InChI is InChI=1S/C23H20N2O7S/c26-23(25-17-5-7-19-22(12-17)30-9-8-29-19)16-2-1-3-18(11-16)33(27,28)24-13-15-4-6-20-21(10-15)32-14-31-20/h1-7,10-12,24H,8-9,13-14H2,(H,25,26). The van der Waals surface area contributed by atoms with E-state index in [1.807, 2.05) is 0 Å². The normalized spacial score (nSPS) is 14.1. The third-order valence-corrected chi connectivity index (χ3v) is 6.51. The molecule has 2 N–H and O–H groups in total. The maximum absolute atomic E-state index is 12.8. The van der Waals surface area contributed by atoms with Gasteiger partial charge in [-0.1, -0.05) is 12.1 Å². The van der Waals surface area contributed by atoms with E-state index in [-0.39, 0.29) is 23.8 Å². The Bertz CT molecular complexity index is 1320. The van der Waals surface area contributed by atoms with Crippen molar-refractivity contribution in [1.82, 2.24) is 4.72 Å². The molecule has 0 spiro atoms. The zero-order valence-electron chi connectivity index (χ0n) is 17.4. The van der Waals surface area contributed by atoms with Crippen molar-refractivity contribution in [1.29, 1.82) is 0 Å². The molecule has 3 aromatic rings. The molecule has 10 heteroatoms. The molecular formula is C23H20N2O7S. The van der Waals surface area contributed by atoms with Crippen LogP contribution in [0.25, 0.3) is 0 Å². The third-order valence-electron chi connectivity index (χ3n) is 5.11. The van der Waals surface area contributed by atoms with Gasteiger partial charge in [0.1, 0.15) is 13.2 Å². The highest BCUT2D eigenvalue weighted by Gasteiger charge is 2.19. The van der Waals surface area contributed by atoms with Crippen LogP contribution in [0.1, 0.15) is 15.9 Å². The van der Waals surface area contributed by atoms with Gasteiger partial charge >= 0.3 is 0 Å². The number of benzene rings is 3. The Labute approximate surface area is 190 Å². The average molecular weight is 468 g/mol. The zero-order valence-corrected chi connectivity index (χ0v) is 18.2. The van der Waals surface area contributed by atoms with Gasteiger partial charge in [0.2, 0.25) is 16.8 Å². The summed E-state index contributed by atoms with van der Waals surface area (Å²) in [5.74, 6) is 1.91. The Kier molecular flexibility index (Phi) is 5.53. The number of nitrogens with one attached hydrogen (secondary N) is 2. The summed E-state index contributed by atoms with van der Waals surface area (Å²) >= 11 is 0. The van der Waals surface area contributed by atoms with Crippen LogP contribution in [0.5, 0.6) is 23.0 Å². The molecule has 3 aromatic carbocycles. The van der Waals surface area contributed by atoms with Crippen LogP contribution in [0.2, 0.25) is 0 Å². The topological polar surface area (TPSA) is 112 Å². The maximum atomic E-state index is 12.8. The minimum absolute atomic E-state index is 0.0157. The molecule has 0 saturated heterocycles. The molecule has 0 unspecified atom stereocenters. The van der Waals surface area contributed by atoms with Crippen LogP contribution in [-0.4, -0.2) is 34.3 Å². The van der Waals surface area contributed by atoms with Gasteiger partial charge in [-0.25, -0.2) is 13.1 Å². The van der Waals surface area contributed by atoms with Crippen molar-refractivity contribution in [3.63, 3.8) is 0 Å². The predicted molar refractivity (Wildman–Crippen MR) is 118 cm³/mol. The van der Waals surface area contributed by atoms with E-state index in [9.17, 15) is 13.2 Å². The molecule has 170 valence electrons. The number of hydrogen-bond acceptors (Lipinski definition) is 7. The fraction of sp³-hybridized carbons (Fsp3) is 0.174. The first-order valence-electron chi connectivity index (χ1n) is 10.2. The number of fused-ring (bicyclic) bond motifs is 2. The number of rotatable bonds is 6. The Hall–Kier alpha value is -3.76. The fourth-order valence-electron chi connectivity index (χ4n) is 3.44. The van der Waals surface area contributed by atoms with Crippen molar-refractivity contribution in [3.8, 4) is 23.0 Å². The highest BCUT2D eigenvalue weighted by molar-refractivity contribution is 7.89. The molecule has 2 aliphatic heterocycles. The Morgan fingerprint density at radius 2 is 1.55 bits per heavy atom. The van der Waals surface area contributed by atoms with Crippen LogP contribution < -0.4 is 29.0 Å². The van der Waals surface area contributed by atoms with Gasteiger partial charge in [-0.3, -0.25) is 4.79 Å². The summed E-state index contributed by atoms with van der Waals surface area (Å²) in [6.45, 7) is 1.12. The van der Waals surface area contributed by atoms with Crippen LogP contribution in [0.3, 0.4) is 0 Å². The molecular weight excluding hydrogens is 448 g/mol. The second kappa shape index (κ2) is 8.64. The lowest BCUT2D eigenvalue weighted by atomic mass is 10.2. The van der Waals surface area contributed by atoms with Gasteiger partial charge < -0.3 is 24.3 Å². The molecule has 2 heterocycles. The second-order valence-corrected chi connectivity index (χ2v) is 9.12. The molecule has 33 heavy (non-hydrogen) atoms. The van der Waals surface area contributed by atoms with Crippen LogP contribution in [0.4, 0.5) is 5.69 Å². The molecule has 0 aliphatic carbocycles. The van der Waals surface area contributed by atoms with Crippen molar-refractivity contribution in [2.45, 2.75) is 11.4 Å². The maximum Gasteiger partial charge on any atom is 0.255 e. The molecule has 0 atom stereocenters. The van der Waals surface area contributed by atoms with Crippen molar-refractivity contribution in [2.24, 2.45) is 0 Å². The van der Waals surface area contributed by atoms with Gasteiger partial charge in [-0.15, -0.1) is 0 Å². The van der Waals surface area contributed by atoms with E-state index in [0.29, 0.717) is 41.9 Å². The third kappa shape index (κ3) is 4.57. The smallest absolute Gasteiger partial charge is 0.255 e. The monoisotopic (exact) mass is 468 g/mol. The van der Waals surface area contributed by atoms with E-state index in [4.69, 9.17) is 18.9 Å². The van der Waals surface area contributed by atoms with Gasteiger partial charge in [0, 0.05) is 23.9 Å². The lowest BCUT2D eigenvalue weighted by Crippen LogP contribution is -2.23. The van der Waals surface area contributed by atoms with Gasteiger partial charge in [0.05, 0.1) is 4.90 Å². The van der Waals surface area contributed by atoms with Gasteiger partial charge in [0.15, 0.2) is 23.0 Å². The molecule has 0 bridgehead atoms. The number of hydrogen-bond donors (Lipinski definition) is 2. The molecule has 1 amide bonds. The van der Waals surface area contributed by atoms with Crippen LogP contribution in [0, 0.1) is 0 Å². The first kappa shape index (κ1) is 21.1. The Balaban J connectivity index is 1.28. The van der Waals surface area contributed by atoms with E-state index >= 15 is 0 Å². The second-order valence-electron chi connectivity index (χ2n) is 7.35. The lowest BCUT2D eigenvalue weighted by Gasteiger charge is -2.19. The quantitative estimate of drug-likeness (QED) is 0.572. The van der Waals surface area contributed by atoms with Crippen LogP contribution >= 0.6 is 0 Å². The number of sulfonamides is 1. The predicted octanol–water partition coefficient (Wildman–Crippen LogP) is 2.92. The van der Waals surface area contributed by atoms with E-state index in [0.717, 1.165) is 5.56 Å². The van der Waals surface area contributed by atoms with Crippen molar-refractivity contribution in [3.05, 3.63) is 71.8 Å². The number of carbonyl (C=O) groups is 1. The fourth-order valence-corrected chi connectivity index (χ4v) is 4.50. The van der Waals surface area contributed by atoms with Gasteiger partial charge in [0.25, 0.3) is 5.91 Å². The summed E-state index contributed by atoms with van der Waals surface area (Å²) in [6.07, 6.45) is 0. The number of anilines is 1. The SMILES string of the molecule is O=C(Nc1ccc2c(c1)OCCO2)c1cccc(S(=O)(=O)NCc2ccc3c(c2)OCO3)c1. The van der Waals surface area contributed by atoms with Crippen molar-refractivity contribution < 1.29 is 32.2 Å². The molecule has 5 rings (SSSR count). The molecule has 2 aliphatic rings. The van der Waals surface area contributed by atoms with Gasteiger partial charge in [-0.05, 0) is 48.0 Å². The molecule has 0 fully saturated rings. The van der Waals surface area contributed by atoms with E-state index < -0.39 is 15.9 Å². The summed E-state index contributed by atoms with van der Waals surface area (Å²) in [5, 5.41) is 2.75. The highest BCUT2D eigenvalue weighted by Crippen LogP contribution is 2.33. The molecule has 0 radical (unpaired) electrons. The number of carbonyl (C=O) groups excluding carboxylic acids is 1. The lowest BCUT2D eigenvalue weighted by molar-refractivity contribution is 0.102. The minimum atomic E-state index is -3.85. The summed E-state index contributed by atoms with van der Waals surface area (Å²) in [7, 11) is -3.85. The van der Waals surface area contributed by atoms with Crippen LogP contribution in [-0.2, 0) is 16.6 Å². The summed E-state index contributed by atoms with van der Waals surface area (Å²) in [6, 6.07) is 16.1. The summed E-state index contributed by atoms with van der Waals surface area (Å²) in [4.78, 5) is 12.7. The van der Waals surface area contributed by atoms with Gasteiger partial charge in [-0.2, -0.15) is 0 Å². The molecule has 0 saturated carbocycles. The average Bonchev–Trinajstić information content (AvgIpc) is 3.31. The highest BCUT2D eigenvalue weighted by atomic mass is 32.2. The first-order valence-corrected chi connectivity index (χ1v) is 11.7. The Morgan fingerprint density at radius 3 is 2.42 bits per heavy atom. The summed E-state index contributed by atoms with van der Waals surface area (Å²) < 4.78 is 49.7. The molecule has 9 nitrogen and oxygen atoms in total. The number of amides is 1. The first-order chi connectivity index (χ1) is 16.0. The largest absolute Gasteiger partial charge is 0.486 e. The van der Waals surface area contributed by atoms with Crippen molar-refractivity contribution >= 4 is 21.6 Å². The minimum Gasteiger partial charge on any atom is -0.486 e. The Morgan fingerprint density at radius 1 is 0.818 bits per heavy atom. The zero-order chi connectivity index (χ0) is 22.8. The molecule has 0 aromatic heterocycles. The van der Waals surface area contributed by atoms with Crippen molar-refractivity contribution in [2.75, 3.05) is 25.3 Å². The number of ether oxygens (including phenoxy) is 4. The summed E-state index contributed by atoms with van der Waals surface area (Å²) in [5.41, 5.74) is 1.43.